The Hall–Kier alpha value is -2.57. The summed E-state index contributed by atoms with van der Waals surface area (Å²) in [5.41, 5.74) is 0. The Morgan fingerprint density at radius 2 is 1.11 bits per heavy atom. The standard InChI is InChI=1S/C25H27O2P/c26-25(27)20-12-1-2-13-21-28(22-14-6-3-7-15-22,23-16-8-4-9-17-23)24-18-10-5-11-19-24/h3-11,14-19,21H,1-2,12-13,20H2,(H,26,27). The molecule has 0 saturated carbocycles. The lowest BCUT2D eigenvalue weighted by Gasteiger charge is -2.29. The minimum atomic E-state index is -1.86. The number of carboxylic acid groups (broad SMARTS) is 1. The van der Waals surface area contributed by atoms with E-state index in [-0.39, 0.29) is 6.42 Å². The fourth-order valence-electron chi connectivity index (χ4n) is 3.64. The molecule has 28 heavy (non-hydrogen) atoms. The summed E-state index contributed by atoms with van der Waals surface area (Å²) in [6.45, 7) is -1.86. The predicted molar refractivity (Wildman–Crippen MR) is 122 cm³/mol. The molecule has 0 atom stereocenters. The highest BCUT2D eigenvalue weighted by molar-refractivity contribution is 7.94. The maximum absolute atomic E-state index is 10.7. The number of hydrogen-bond acceptors (Lipinski definition) is 1. The topological polar surface area (TPSA) is 37.3 Å². The van der Waals surface area contributed by atoms with E-state index >= 15 is 0 Å². The third-order valence-electron chi connectivity index (χ3n) is 4.99. The highest BCUT2D eigenvalue weighted by Gasteiger charge is 2.24. The van der Waals surface area contributed by atoms with Crippen LogP contribution < -0.4 is 15.9 Å². The van der Waals surface area contributed by atoms with Crippen molar-refractivity contribution in [1.82, 2.24) is 0 Å². The molecule has 0 radical (unpaired) electrons. The largest absolute Gasteiger partial charge is 0.481 e. The highest BCUT2D eigenvalue weighted by Crippen LogP contribution is 2.44. The van der Waals surface area contributed by atoms with E-state index in [2.05, 4.69) is 96.8 Å². The first-order valence-electron chi connectivity index (χ1n) is 9.85. The average molecular weight is 390 g/mol. The molecule has 0 amide bonds. The Balaban J connectivity index is 2.04. The third kappa shape index (κ3) is 4.82. The van der Waals surface area contributed by atoms with Crippen LogP contribution in [0.3, 0.4) is 0 Å². The van der Waals surface area contributed by atoms with Crippen LogP contribution in [0.25, 0.3) is 0 Å². The van der Waals surface area contributed by atoms with Crippen molar-refractivity contribution in [2.24, 2.45) is 0 Å². The Kier molecular flexibility index (Phi) is 7.28. The third-order valence-corrected chi connectivity index (χ3v) is 9.13. The summed E-state index contributed by atoms with van der Waals surface area (Å²) in [5.74, 6) is 1.82. The fraction of sp³-hybridized carbons (Fsp3) is 0.200. The quantitative estimate of drug-likeness (QED) is 0.420. The van der Waals surface area contributed by atoms with Gasteiger partial charge in [0, 0.05) is 6.42 Å². The van der Waals surface area contributed by atoms with Gasteiger partial charge in [-0.25, -0.2) is 0 Å². The van der Waals surface area contributed by atoms with Gasteiger partial charge in [0.1, 0.15) is 0 Å². The summed E-state index contributed by atoms with van der Waals surface area (Å²) in [6, 6.07) is 32.4. The maximum atomic E-state index is 10.7. The maximum Gasteiger partial charge on any atom is 0.303 e. The zero-order chi connectivity index (χ0) is 19.7. The molecule has 0 heterocycles. The van der Waals surface area contributed by atoms with Crippen LogP contribution in [0.4, 0.5) is 0 Å². The van der Waals surface area contributed by atoms with Crippen LogP contribution in [-0.4, -0.2) is 16.9 Å². The Morgan fingerprint density at radius 1 is 0.679 bits per heavy atom. The van der Waals surface area contributed by atoms with Crippen molar-refractivity contribution in [3.05, 3.63) is 91.0 Å². The zero-order valence-electron chi connectivity index (χ0n) is 16.1. The van der Waals surface area contributed by atoms with Crippen LogP contribution in [0.1, 0.15) is 32.1 Å². The minimum absolute atomic E-state index is 0.260. The lowest BCUT2D eigenvalue weighted by atomic mass is 10.2. The Labute approximate surface area is 167 Å². The van der Waals surface area contributed by atoms with Crippen LogP contribution in [0.5, 0.6) is 0 Å². The van der Waals surface area contributed by atoms with Crippen LogP contribution in [0, 0.1) is 0 Å². The smallest absolute Gasteiger partial charge is 0.303 e. The van der Waals surface area contributed by atoms with E-state index in [0.717, 1.165) is 25.7 Å². The molecule has 3 aromatic rings. The normalized spacial score (nSPS) is 11.1. The number of rotatable bonds is 9. The molecule has 0 aliphatic rings. The fourth-order valence-corrected chi connectivity index (χ4v) is 7.66. The van der Waals surface area contributed by atoms with Crippen molar-refractivity contribution in [3.63, 3.8) is 0 Å². The SMILES string of the molecule is O=C(O)CCCCCC=P(c1ccccc1)(c1ccccc1)c1ccccc1. The first-order valence-corrected chi connectivity index (χ1v) is 11.7. The molecule has 3 rings (SSSR count). The summed E-state index contributed by atoms with van der Waals surface area (Å²) in [4.78, 5) is 10.7. The molecule has 1 N–H and O–H groups in total. The average Bonchev–Trinajstić information content (AvgIpc) is 2.75. The molecular weight excluding hydrogens is 363 g/mol. The Bertz CT molecular complexity index is 815. The molecule has 144 valence electrons. The van der Waals surface area contributed by atoms with E-state index in [9.17, 15) is 4.79 Å². The second-order valence-corrected chi connectivity index (χ2v) is 10.3. The second-order valence-electron chi connectivity index (χ2n) is 6.91. The molecule has 0 aliphatic heterocycles. The van der Waals surface area contributed by atoms with Crippen LogP contribution in [0.15, 0.2) is 91.0 Å². The molecule has 3 aromatic carbocycles. The zero-order valence-corrected chi connectivity index (χ0v) is 17.0. The highest BCUT2D eigenvalue weighted by atomic mass is 31.2. The van der Waals surface area contributed by atoms with Crippen molar-refractivity contribution in [3.8, 4) is 0 Å². The van der Waals surface area contributed by atoms with E-state index in [0.29, 0.717) is 0 Å². The van der Waals surface area contributed by atoms with Crippen molar-refractivity contribution < 1.29 is 9.90 Å². The van der Waals surface area contributed by atoms with E-state index in [1.807, 2.05) is 0 Å². The van der Waals surface area contributed by atoms with Gasteiger partial charge in [-0.3, -0.25) is 4.79 Å². The van der Waals surface area contributed by atoms with Crippen LogP contribution in [0.2, 0.25) is 0 Å². The van der Waals surface area contributed by atoms with E-state index in [4.69, 9.17) is 5.11 Å². The Morgan fingerprint density at radius 3 is 1.50 bits per heavy atom. The summed E-state index contributed by atoms with van der Waals surface area (Å²) in [5, 5.41) is 12.9. The molecule has 0 aliphatic carbocycles. The van der Waals surface area contributed by atoms with Gasteiger partial charge in [0.15, 0.2) is 0 Å². The first-order chi connectivity index (χ1) is 13.7. The predicted octanol–water partition coefficient (Wildman–Crippen LogP) is 4.82. The van der Waals surface area contributed by atoms with Gasteiger partial charge in [0.2, 0.25) is 0 Å². The summed E-state index contributed by atoms with van der Waals surface area (Å²) in [7, 11) is 0. The number of carboxylic acids is 1. The second kappa shape index (κ2) is 10.1. The van der Waals surface area contributed by atoms with E-state index in [1.165, 1.54) is 15.9 Å². The summed E-state index contributed by atoms with van der Waals surface area (Å²) in [6.07, 6.45) is 3.95. The van der Waals surface area contributed by atoms with E-state index in [1.54, 1.807) is 0 Å². The minimum Gasteiger partial charge on any atom is -0.481 e. The lowest BCUT2D eigenvalue weighted by Crippen LogP contribution is -2.26. The van der Waals surface area contributed by atoms with Crippen LogP contribution >= 0.6 is 6.89 Å². The molecular formula is C25H27O2P. The van der Waals surface area contributed by atoms with Crippen molar-refractivity contribution in [2.45, 2.75) is 32.1 Å². The molecule has 2 nitrogen and oxygen atoms in total. The number of unbranched alkanes of at least 4 members (excludes halogenated alkanes) is 3. The van der Waals surface area contributed by atoms with Gasteiger partial charge in [-0.2, -0.15) is 0 Å². The number of hydrogen-bond donors (Lipinski definition) is 1. The monoisotopic (exact) mass is 390 g/mol. The van der Waals surface area contributed by atoms with Crippen molar-refractivity contribution in [1.29, 1.82) is 0 Å². The number of aliphatic carboxylic acids is 1. The van der Waals surface area contributed by atoms with Gasteiger partial charge in [0.05, 0.1) is 0 Å². The van der Waals surface area contributed by atoms with E-state index < -0.39 is 12.9 Å². The summed E-state index contributed by atoms with van der Waals surface area (Å²) >= 11 is 0. The molecule has 3 heteroatoms. The molecule has 0 unspecified atom stereocenters. The molecule has 0 spiro atoms. The number of benzene rings is 3. The lowest BCUT2D eigenvalue weighted by molar-refractivity contribution is -0.137. The van der Waals surface area contributed by atoms with Gasteiger partial charge in [-0.15, -0.1) is 0 Å². The van der Waals surface area contributed by atoms with Crippen molar-refractivity contribution >= 4 is 34.6 Å². The molecule has 0 saturated heterocycles. The van der Waals surface area contributed by atoms with Gasteiger partial charge < -0.3 is 5.11 Å². The molecule has 0 aromatic heterocycles. The first kappa shape index (κ1) is 20.2. The number of carbonyl (C=O) groups is 1. The summed E-state index contributed by atoms with van der Waals surface area (Å²) < 4.78 is 0. The van der Waals surface area contributed by atoms with Gasteiger partial charge >= 0.3 is 5.97 Å². The van der Waals surface area contributed by atoms with Crippen LogP contribution in [-0.2, 0) is 4.79 Å². The molecule has 0 bridgehead atoms. The van der Waals surface area contributed by atoms with Crippen molar-refractivity contribution in [2.75, 3.05) is 0 Å². The molecule has 0 fully saturated rings. The van der Waals surface area contributed by atoms with Gasteiger partial charge in [0.25, 0.3) is 0 Å². The van der Waals surface area contributed by atoms with Gasteiger partial charge in [-0.05, 0) is 42.1 Å². The van der Waals surface area contributed by atoms with Gasteiger partial charge in [-0.1, -0.05) is 103 Å².